The highest BCUT2D eigenvalue weighted by Gasteiger charge is 2.24. The minimum atomic E-state index is -0.0215. The Morgan fingerprint density at radius 3 is 3.12 bits per heavy atom. The molecule has 1 aliphatic rings. The van der Waals surface area contributed by atoms with Gasteiger partial charge in [0.2, 0.25) is 5.91 Å². The van der Waals surface area contributed by atoms with Crippen molar-refractivity contribution in [3.05, 3.63) is 29.8 Å². The van der Waals surface area contributed by atoms with Crippen molar-refractivity contribution in [1.29, 1.82) is 0 Å². The van der Waals surface area contributed by atoms with E-state index >= 15 is 0 Å². The van der Waals surface area contributed by atoms with E-state index in [-0.39, 0.29) is 18.0 Å². The monoisotopic (exact) mass is 234 g/mol. The first-order chi connectivity index (χ1) is 8.16. The lowest BCUT2D eigenvalue weighted by atomic mass is 10.1. The molecule has 0 saturated carbocycles. The van der Waals surface area contributed by atoms with Crippen LogP contribution in [-0.2, 0) is 4.79 Å². The van der Waals surface area contributed by atoms with Gasteiger partial charge in [-0.15, -0.1) is 0 Å². The van der Waals surface area contributed by atoms with Crippen LogP contribution in [0.5, 0.6) is 5.75 Å². The summed E-state index contributed by atoms with van der Waals surface area (Å²) in [5.74, 6) is 0.901. The second-order valence-electron chi connectivity index (χ2n) is 4.48. The number of carbonyl (C=O) groups is 1. The highest BCUT2D eigenvalue weighted by atomic mass is 16.5. The van der Waals surface area contributed by atoms with E-state index in [1.807, 2.05) is 31.2 Å². The molecule has 0 aliphatic carbocycles. The summed E-state index contributed by atoms with van der Waals surface area (Å²) in [5.41, 5.74) is 6.68. The van der Waals surface area contributed by atoms with Crippen molar-refractivity contribution in [1.82, 2.24) is 5.32 Å². The van der Waals surface area contributed by atoms with Crippen LogP contribution in [0.3, 0.4) is 0 Å². The maximum atomic E-state index is 11.7. The van der Waals surface area contributed by atoms with Crippen LogP contribution in [0, 0.1) is 0 Å². The molecule has 2 atom stereocenters. The topological polar surface area (TPSA) is 64.4 Å². The van der Waals surface area contributed by atoms with E-state index < -0.39 is 0 Å². The summed E-state index contributed by atoms with van der Waals surface area (Å²) in [7, 11) is 0. The number of hydrogen-bond acceptors (Lipinski definition) is 3. The van der Waals surface area contributed by atoms with Gasteiger partial charge in [0.1, 0.15) is 12.4 Å². The van der Waals surface area contributed by atoms with Gasteiger partial charge in [-0.3, -0.25) is 4.79 Å². The minimum absolute atomic E-state index is 0.0215. The maximum absolute atomic E-state index is 11.7. The van der Waals surface area contributed by atoms with Crippen molar-refractivity contribution in [2.75, 3.05) is 6.61 Å². The van der Waals surface area contributed by atoms with Crippen LogP contribution in [0.2, 0.25) is 0 Å². The highest BCUT2D eigenvalue weighted by Crippen LogP contribution is 2.31. The zero-order valence-electron chi connectivity index (χ0n) is 9.98. The number of nitrogens with two attached hydrogens (primary N) is 1. The molecule has 1 aromatic rings. The van der Waals surface area contributed by atoms with Gasteiger partial charge in [-0.25, -0.2) is 0 Å². The quantitative estimate of drug-likeness (QED) is 0.826. The van der Waals surface area contributed by atoms with Crippen molar-refractivity contribution >= 4 is 5.91 Å². The lowest BCUT2D eigenvalue weighted by Gasteiger charge is -2.12. The van der Waals surface area contributed by atoms with Crippen LogP contribution in [0.1, 0.15) is 31.4 Å². The summed E-state index contributed by atoms with van der Waals surface area (Å²) < 4.78 is 5.50. The molecule has 2 rings (SSSR count). The molecule has 2 unspecified atom stereocenters. The van der Waals surface area contributed by atoms with Crippen molar-refractivity contribution in [3.8, 4) is 5.75 Å². The summed E-state index contributed by atoms with van der Waals surface area (Å²) in [6.45, 7) is 2.42. The third-order valence-electron chi connectivity index (χ3n) is 2.86. The van der Waals surface area contributed by atoms with Crippen LogP contribution in [0.25, 0.3) is 0 Å². The first kappa shape index (κ1) is 11.9. The Hall–Kier alpha value is -1.55. The van der Waals surface area contributed by atoms with Crippen LogP contribution in [0.4, 0.5) is 0 Å². The smallest absolute Gasteiger partial charge is 0.220 e. The zero-order valence-corrected chi connectivity index (χ0v) is 9.98. The van der Waals surface area contributed by atoms with Gasteiger partial charge in [0.15, 0.2) is 0 Å². The third kappa shape index (κ3) is 2.97. The largest absolute Gasteiger partial charge is 0.491 e. The highest BCUT2D eigenvalue weighted by molar-refractivity contribution is 5.76. The molecule has 1 amide bonds. The molecule has 92 valence electrons. The van der Waals surface area contributed by atoms with E-state index in [4.69, 9.17) is 10.5 Å². The van der Waals surface area contributed by atoms with E-state index in [0.29, 0.717) is 19.4 Å². The zero-order chi connectivity index (χ0) is 12.3. The molecule has 0 radical (unpaired) electrons. The van der Waals surface area contributed by atoms with Gasteiger partial charge in [-0.05, 0) is 19.4 Å². The standard InChI is InChI=1S/C13H18N2O2/c1-9(14)6-7-13(16)15-11-8-17-12-5-3-2-4-10(11)12/h2-5,9,11H,6-8,14H2,1H3,(H,15,16). The van der Waals surface area contributed by atoms with E-state index in [0.717, 1.165) is 11.3 Å². The fourth-order valence-corrected chi connectivity index (χ4v) is 1.91. The summed E-state index contributed by atoms with van der Waals surface area (Å²) in [5, 5.41) is 2.97. The van der Waals surface area contributed by atoms with Gasteiger partial charge in [-0.2, -0.15) is 0 Å². The predicted octanol–water partition coefficient (Wildman–Crippen LogP) is 1.36. The van der Waals surface area contributed by atoms with E-state index in [2.05, 4.69) is 5.32 Å². The number of amides is 1. The fourth-order valence-electron chi connectivity index (χ4n) is 1.91. The molecule has 0 saturated heterocycles. The van der Waals surface area contributed by atoms with Gasteiger partial charge in [0.05, 0.1) is 6.04 Å². The summed E-state index contributed by atoms with van der Waals surface area (Å²) in [6, 6.07) is 7.83. The average molecular weight is 234 g/mol. The van der Waals surface area contributed by atoms with Crippen molar-refractivity contribution in [3.63, 3.8) is 0 Å². The first-order valence-corrected chi connectivity index (χ1v) is 5.93. The molecule has 0 spiro atoms. The Bertz CT molecular complexity index is 404. The van der Waals surface area contributed by atoms with Crippen LogP contribution in [-0.4, -0.2) is 18.6 Å². The molecule has 17 heavy (non-hydrogen) atoms. The average Bonchev–Trinajstić information content (AvgIpc) is 2.70. The second kappa shape index (κ2) is 5.19. The summed E-state index contributed by atoms with van der Waals surface area (Å²) >= 11 is 0. The number of hydrogen-bond donors (Lipinski definition) is 2. The Balaban J connectivity index is 1.91. The summed E-state index contributed by atoms with van der Waals surface area (Å²) in [6.07, 6.45) is 1.18. The maximum Gasteiger partial charge on any atom is 0.220 e. The molecule has 3 N–H and O–H groups in total. The predicted molar refractivity (Wildman–Crippen MR) is 65.7 cm³/mol. The van der Waals surface area contributed by atoms with Crippen LogP contribution in [0.15, 0.2) is 24.3 Å². The Morgan fingerprint density at radius 2 is 2.35 bits per heavy atom. The Labute approximate surface area is 101 Å². The lowest BCUT2D eigenvalue weighted by molar-refractivity contribution is -0.122. The Morgan fingerprint density at radius 1 is 1.59 bits per heavy atom. The molecular weight excluding hydrogens is 216 g/mol. The van der Waals surface area contributed by atoms with Gasteiger partial charge in [-0.1, -0.05) is 18.2 Å². The molecule has 1 aliphatic heterocycles. The van der Waals surface area contributed by atoms with Crippen LogP contribution >= 0.6 is 0 Å². The number of nitrogens with one attached hydrogen (secondary N) is 1. The SMILES string of the molecule is CC(N)CCC(=O)NC1COc2ccccc21. The number of rotatable bonds is 4. The first-order valence-electron chi connectivity index (χ1n) is 5.93. The van der Waals surface area contributed by atoms with Gasteiger partial charge < -0.3 is 15.8 Å². The molecule has 0 aromatic heterocycles. The number of ether oxygens (including phenoxy) is 1. The fraction of sp³-hybridized carbons (Fsp3) is 0.462. The molecule has 1 heterocycles. The molecule has 4 heteroatoms. The normalized spacial score (nSPS) is 19.3. The number of para-hydroxylation sites is 1. The second-order valence-corrected chi connectivity index (χ2v) is 4.48. The minimum Gasteiger partial charge on any atom is -0.491 e. The van der Waals surface area contributed by atoms with Gasteiger partial charge in [0, 0.05) is 18.0 Å². The van der Waals surface area contributed by atoms with Gasteiger partial charge >= 0.3 is 0 Å². The van der Waals surface area contributed by atoms with E-state index in [1.54, 1.807) is 0 Å². The van der Waals surface area contributed by atoms with E-state index in [1.165, 1.54) is 0 Å². The Kier molecular flexibility index (Phi) is 3.64. The number of carbonyl (C=O) groups excluding carboxylic acids is 1. The summed E-state index contributed by atoms with van der Waals surface area (Å²) in [4.78, 5) is 11.7. The third-order valence-corrected chi connectivity index (χ3v) is 2.86. The number of benzene rings is 1. The molecular formula is C13H18N2O2. The molecule has 0 fully saturated rings. The van der Waals surface area contributed by atoms with Crippen molar-refractivity contribution in [2.24, 2.45) is 5.73 Å². The van der Waals surface area contributed by atoms with Crippen molar-refractivity contribution in [2.45, 2.75) is 31.8 Å². The van der Waals surface area contributed by atoms with Crippen LogP contribution < -0.4 is 15.8 Å². The number of fused-ring (bicyclic) bond motifs is 1. The van der Waals surface area contributed by atoms with E-state index in [9.17, 15) is 4.79 Å². The molecule has 4 nitrogen and oxygen atoms in total. The van der Waals surface area contributed by atoms with Gasteiger partial charge in [0.25, 0.3) is 0 Å². The molecule has 0 bridgehead atoms. The lowest BCUT2D eigenvalue weighted by Crippen LogP contribution is -2.30. The molecule has 1 aromatic carbocycles. The van der Waals surface area contributed by atoms with Crippen molar-refractivity contribution < 1.29 is 9.53 Å².